The topological polar surface area (TPSA) is 50.7 Å². The maximum absolute atomic E-state index is 12.2. The molecule has 146 valence electrons. The van der Waals surface area contributed by atoms with Crippen LogP contribution < -0.4 is 10.2 Å². The van der Waals surface area contributed by atoms with E-state index < -0.39 is 6.10 Å². The summed E-state index contributed by atoms with van der Waals surface area (Å²) in [6.07, 6.45) is 2.95. The molecule has 29 heavy (non-hydrogen) atoms. The second-order valence-corrected chi connectivity index (χ2v) is 6.68. The molecule has 4 heteroatoms. The van der Waals surface area contributed by atoms with Crippen molar-refractivity contribution in [1.82, 2.24) is 5.43 Å². The van der Waals surface area contributed by atoms with Crippen molar-refractivity contribution >= 4 is 18.2 Å². The Balaban J connectivity index is 1.52. The number of carbonyl (C=O) groups excluding carboxylic acids is 1. The highest BCUT2D eigenvalue weighted by Gasteiger charge is 2.13. The summed E-state index contributed by atoms with van der Waals surface area (Å²) in [5.74, 6) is 0.331. The number of nitrogens with zero attached hydrogens (tertiary/aromatic N) is 1. The lowest BCUT2D eigenvalue weighted by molar-refractivity contribution is -0.127. The van der Waals surface area contributed by atoms with Crippen molar-refractivity contribution in [1.29, 1.82) is 0 Å². The zero-order valence-electron chi connectivity index (χ0n) is 16.6. The van der Waals surface area contributed by atoms with Gasteiger partial charge in [-0.05, 0) is 48.2 Å². The predicted molar refractivity (Wildman–Crippen MR) is 119 cm³/mol. The number of hydrazone groups is 1. The molecule has 0 bridgehead atoms. The summed E-state index contributed by atoms with van der Waals surface area (Å²) < 4.78 is 5.72. The Morgan fingerprint density at radius 3 is 2.14 bits per heavy atom. The average molecular weight is 384 g/mol. The second-order valence-electron chi connectivity index (χ2n) is 6.68. The first-order valence-electron chi connectivity index (χ1n) is 9.50. The van der Waals surface area contributed by atoms with Crippen molar-refractivity contribution in [3.8, 4) is 16.9 Å². The van der Waals surface area contributed by atoms with Crippen molar-refractivity contribution in [2.45, 2.75) is 20.0 Å². The van der Waals surface area contributed by atoms with Gasteiger partial charge in [0.05, 0.1) is 6.21 Å². The third kappa shape index (κ3) is 6.18. The van der Waals surface area contributed by atoms with Crippen molar-refractivity contribution in [3.05, 3.63) is 96.1 Å². The SMILES string of the molecule is CC(=C/c1ccccc1)/C=N/NC(=O)C(C)Oc1ccc(-c2ccccc2)cc1. The van der Waals surface area contributed by atoms with Gasteiger partial charge < -0.3 is 4.74 Å². The molecular weight excluding hydrogens is 360 g/mol. The van der Waals surface area contributed by atoms with Crippen LogP contribution in [0, 0.1) is 0 Å². The van der Waals surface area contributed by atoms with Gasteiger partial charge in [-0.25, -0.2) is 5.43 Å². The minimum atomic E-state index is -0.659. The van der Waals surface area contributed by atoms with Crippen molar-refractivity contribution in [2.75, 3.05) is 0 Å². The smallest absolute Gasteiger partial charge is 0.280 e. The molecule has 0 aliphatic heterocycles. The number of carbonyl (C=O) groups is 1. The van der Waals surface area contributed by atoms with E-state index >= 15 is 0 Å². The fourth-order valence-corrected chi connectivity index (χ4v) is 2.75. The van der Waals surface area contributed by atoms with Crippen LogP contribution >= 0.6 is 0 Å². The van der Waals surface area contributed by atoms with E-state index in [-0.39, 0.29) is 5.91 Å². The Morgan fingerprint density at radius 2 is 1.48 bits per heavy atom. The molecule has 0 fully saturated rings. The van der Waals surface area contributed by atoms with Crippen LogP contribution in [0.25, 0.3) is 17.2 Å². The van der Waals surface area contributed by atoms with Gasteiger partial charge in [0, 0.05) is 0 Å². The zero-order chi connectivity index (χ0) is 20.5. The molecule has 4 nitrogen and oxygen atoms in total. The van der Waals surface area contributed by atoms with Gasteiger partial charge in [-0.1, -0.05) is 78.9 Å². The fourth-order valence-electron chi connectivity index (χ4n) is 2.75. The minimum absolute atomic E-state index is 0.305. The normalized spacial score (nSPS) is 12.6. The van der Waals surface area contributed by atoms with Crippen LogP contribution in [0.3, 0.4) is 0 Å². The number of benzene rings is 3. The highest BCUT2D eigenvalue weighted by atomic mass is 16.5. The largest absolute Gasteiger partial charge is 0.481 e. The predicted octanol–water partition coefficient (Wildman–Crippen LogP) is 5.33. The molecule has 0 radical (unpaired) electrons. The molecule has 0 saturated heterocycles. The maximum Gasteiger partial charge on any atom is 0.280 e. The van der Waals surface area contributed by atoms with Gasteiger partial charge in [-0.2, -0.15) is 5.10 Å². The molecule has 1 atom stereocenters. The van der Waals surface area contributed by atoms with Crippen LogP contribution in [0.5, 0.6) is 5.75 Å². The van der Waals surface area contributed by atoms with Crippen molar-refractivity contribution < 1.29 is 9.53 Å². The number of nitrogens with one attached hydrogen (secondary N) is 1. The lowest BCUT2D eigenvalue weighted by Crippen LogP contribution is -2.33. The molecule has 0 aromatic heterocycles. The number of hydrogen-bond acceptors (Lipinski definition) is 3. The lowest BCUT2D eigenvalue weighted by atomic mass is 10.1. The lowest BCUT2D eigenvalue weighted by Gasteiger charge is -2.13. The molecule has 3 rings (SSSR count). The van der Waals surface area contributed by atoms with Crippen LogP contribution in [-0.2, 0) is 4.79 Å². The van der Waals surface area contributed by atoms with Gasteiger partial charge in [0.15, 0.2) is 6.10 Å². The Labute approximate surface area is 171 Å². The minimum Gasteiger partial charge on any atom is -0.481 e. The molecule has 1 amide bonds. The summed E-state index contributed by atoms with van der Waals surface area (Å²) in [7, 11) is 0. The average Bonchev–Trinajstić information content (AvgIpc) is 2.75. The number of amides is 1. The van der Waals surface area contributed by atoms with Crippen LogP contribution in [-0.4, -0.2) is 18.2 Å². The Kier molecular flexibility index (Phi) is 6.95. The summed E-state index contributed by atoms with van der Waals surface area (Å²) in [5.41, 5.74) is 6.77. The van der Waals surface area contributed by atoms with Gasteiger partial charge in [-0.15, -0.1) is 0 Å². The first-order valence-corrected chi connectivity index (χ1v) is 9.50. The zero-order valence-corrected chi connectivity index (χ0v) is 16.6. The highest BCUT2D eigenvalue weighted by Crippen LogP contribution is 2.22. The maximum atomic E-state index is 12.2. The number of ether oxygens (including phenoxy) is 1. The Bertz CT molecular complexity index is 978. The molecule has 3 aromatic rings. The molecule has 0 saturated carbocycles. The van der Waals surface area contributed by atoms with E-state index in [1.54, 1.807) is 13.1 Å². The molecule has 0 spiro atoms. The van der Waals surface area contributed by atoms with Gasteiger partial charge >= 0.3 is 0 Å². The van der Waals surface area contributed by atoms with Crippen molar-refractivity contribution in [2.24, 2.45) is 5.10 Å². The summed E-state index contributed by atoms with van der Waals surface area (Å²) in [4.78, 5) is 12.2. The standard InChI is InChI=1S/C25H24N2O2/c1-19(17-21-9-5-3-6-10-21)18-26-27-25(28)20(2)29-24-15-13-23(14-16-24)22-11-7-4-8-12-22/h3-18,20H,1-2H3,(H,27,28)/b19-17-,26-18+. The van der Waals surface area contributed by atoms with Crippen LogP contribution in [0.1, 0.15) is 19.4 Å². The van der Waals surface area contributed by atoms with Gasteiger partial charge in [-0.3, -0.25) is 4.79 Å². The van der Waals surface area contributed by atoms with Gasteiger partial charge in [0.1, 0.15) is 5.75 Å². The monoisotopic (exact) mass is 384 g/mol. The molecular formula is C25H24N2O2. The van der Waals surface area contributed by atoms with E-state index in [2.05, 4.69) is 22.7 Å². The molecule has 0 aliphatic rings. The highest BCUT2D eigenvalue weighted by molar-refractivity contribution is 5.87. The third-order valence-corrected chi connectivity index (χ3v) is 4.28. The number of hydrogen-bond donors (Lipinski definition) is 1. The summed E-state index contributed by atoms with van der Waals surface area (Å²) >= 11 is 0. The first kappa shape index (κ1) is 20.1. The molecule has 1 N–H and O–H groups in total. The van der Waals surface area contributed by atoms with E-state index in [4.69, 9.17) is 4.74 Å². The number of rotatable bonds is 7. The summed E-state index contributed by atoms with van der Waals surface area (Å²) in [6.45, 7) is 3.62. The molecule has 3 aromatic carbocycles. The molecule has 0 heterocycles. The quantitative estimate of drug-likeness (QED) is 0.442. The molecule has 1 unspecified atom stereocenters. The van der Waals surface area contributed by atoms with E-state index in [9.17, 15) is 4.79 Å². The van der Waals surface area contributed by atoms with E-state index in [0.717, 1.165) is 22.3 Å². The van der Waals surface area contributed by atoms with E-state index in [0.29, 0.717) is 5.75 Å². The van der Waals surface area contributed by atoms with Gasteiger partial charge in [0.25, 0.3) is 5.91 Å². The third-order valence-electron chi connectivity index (χ3n) is 4.28. The van der Waals surface area contributed by atoms with E-state index in [1.807, 2.05) is 85.8 Å². The molecule has 0 aliphatic carbocycles. The van der Waals surface area contributed by atoms with E-state index in [1.165, 1.54) is 0 Å². The second kappa shape index (κ2) is 10.0. The van der Waals surface area contributed by atoms with Crippen LogP contribution in [0.4, 0.5) is 0 Å². The van der Waals surface area contributed by atoms with Crippen LogP contribution in [0.2, 0.25) is 0 Å². The van der Waals surface area contributed by atoms with Crippen LogP contribution in [0.15, 0.2) is 95.6 Å². The number of allylic oxidation sites excluding steroid dienone is 1. The van der Waals surface area contributed by atoms with Crippen molar-refractivity contribution in [3.63, 3.8) is 0 Å². The Hall–Kier alpha value is -3.66. The van der Waals surface area contributed by atoms with Gasteiger partial charge in [0.2, 0.25) is 0 Å². The Morgan fingerprint density at radius 1 is 0.897 bits per heavy atom. The first-order chi connectivity index (χ1) is 14.1. The summed E-state index contributed by atoms with van der Waals surface area (Å²) in [6, 6.07) is 27.7. The fraction of sp³-hybridized carbons (Fsp3) is 0.120. The summed E-state index contributed by atoms with van der Waals surface area (Å²) in [5, 5.41) is 4.01.